The topological polar surface area (TPSA) is 55.5 Å². The summed E-state index contributed by atoms with van der Waals surface area (Å²) < 4.78 is 9.51. The zero-order chi connectivity index (χ0) is 8.27. The smallest absolute Gasteiger partial charge is 0.254 e. The van der Waals surface area contributed by atoms with Gasteiger partial charge < -0.3 is 14.4 Å². The summed E-state index contributed by atoms with van der Waals surface area (Å²) in [6.45, 7) is 0. The number of nitrogens with zero attached hydrogens (tertiary/aromatic N) is 1. The van der Waals surface area contributed by atoms with Gasteiger partial charge in [-0.05, 0) is 5.16 Å². The summed E-state index contributed by atoms with van der Waals surface area (Å²) in [5, 5.41) is 13.1. The number of rotatable bonds is 3. The predicted octanol–water partition coefficient (Wildman–Crippen LogP) is 1.11. The molecule has 0 saturated heterocycles. The summed E-state index contributed by atoms with van der Waals surface area (Å²) in [5.41, 5.74) is 0. The standard InChI is InChI=1S/C6H8BrNO3/c1-10-6-2-5(11-8-6)4(9)3-7/h2,4,9H,3H2,1H3. The molecule has 5 heteroatoms. The summed E-state index contributed by atoms with van der Waals surface area (Å²) in [6, 6.07) is 1.55. The molecule has 1 heterocycles. The van der Waals surface area contributed by atoms with Crippen molar-refractivity contribution in [2.24, 2.45) is 0 Å². The number of alkyl halides is 1. The Balaban J connectivity index is 2.71. The van der Waals surface area contributed by atoms with Crippen molar-refractivity contribution in [1.29, 1.82) is 0 Å². The first-order valence-corrected chi connectivity index (χ1v) is 4.14. The molecule has 1 unspecified atom stereocenters. The molecule has 1 rings (SSSR count). The molecule has 1 atom stereocenters. The molecule has 11 heavy (non-hydrogen) atoms. The average Bonchev–Trinajstić information content (AvgIpc) is 2.50. The number of halogens is 1. The molecule has 0 amide bonds. The highest BCUT2D eigenvalue weighted by atomic mass is 79.9. The Morgan fingerprint density at radius 2 is 2.64 bits per heavy atom. The van der Waals surface area contributed by atoms with Crippen LogP contribution < -0.4 is 4.74 Å². The van der Waals surface area contributed by atoms with Gasteiger partial charge in [0.05, 0.1) is 7.11 Å². The third kappa shape index (κ3) is 1.94. The van der Waals surface area contributed by atoms with E-state index in [1.807, 2.05) is 0 Å². The Morgan fingerprint density at radius 1 is 1.91 bits per heavy atom. The van der Waals surface area contributed by atoms with Crippen LogP contribution in [0.3, 0.4) is 0 Å². The van der Waals surface area contributed by atoms with Gasteiger partial charge in [0.25, 0.3) is 5.88 Å². The van der Waals surface area contributed by atoms with Crippen molar-refractivity contribution >= 4 is 15.9 Å². The van der Waals surface area contributed by atoms with Crippen molar-refractivity contribution in [2.75, 3.05) is 12.4 Å². The van der Waals surface area contributed by atoms with Crippen molar-refractivity contribution < 1.29 is 14.4 Å². The van der Waals surface area contributed by atoms with E-state index in [-0.39, 0.29) is 0 Å². The van der Waals surface area contributed by atoms with Crippen LogP contribution in [0.15, 0.2) is 10.6 Å². The summed E-state index contributed by atoms with van der Waals surface area (Å²) in [6.07, 6.45) is -0.661. The number of aliphatic hydroxyl groups excluding tert-OH is 1. The maximum atomic E-state index is 9.20. The van der Waals surface area contributed by atoms with Crippen LogP contribution in [0.4, 0.5) is 0 Å². The van der Waals surface area contributed by atoms with E-state index < -0.39 is 6.10 Å². The van der Waals surface area contributed by atoms with Crippen LogP contribution in [0.25, 0.3) is 0 Å². The van der Waals surface area contributed by atoms with Gasteiger partial charge in [0, 0.05) is 11.4 Å². The first-order chi connectivity index (χ1) is 5.27. The lowest BCUT2D eigenvalue weighted by atomic mass is 10.3. The molecule has 62 valence electrons. The number of hydrogen-bond acceptors (Lipinski definition) is 4. The molecule has 1 aromatic heterocycles. The lowest BCUT2D eigenvalue weighted by Gasteiger charge is -1.97. The third-order valence-corrected chi connectivity index (χ3v) is 1.80. The van der Waals surface area contributed by atoms with E-state index in [0.717, 1.165) is 0 Å². The van der Waals surface area contributed by atoms with E-state index >= 15 is 0 Å². The predicted molar refractivity (Wildman–Crippen MR) is 41.8 cm³/mol. The number of aliphatic hydroxyl groups is 1. The number of ether oxygens (including phenoxy) is 1. The van der Waals surface area contributed by atoms with Crippen LogP contribution in [0.2, 0.25) is 0 Å². The van der Waals surface area contributed by atoms with Crippen molar-refractivity contribution in [1.82, 2.24) is 5.16 Å². The summed E-state index contributed by atoms with van der Waals surface area (Å²) in [4.78, 5) is 0. The molecule has 0 aromatic carbocycles. The maximum Gasteiger partial charge on any atom is 0.254 e. The van der Waals surface area contributed by atoms with Crippen LogP contribution in [0.1, 0.15) is 11.9 Å². The third-order valence-electron chi connectivity index (χ3n) is 1.19. The zero-order valence-electron chi connectivity index (χ0n) is 5.95. The van der Waals surface area contributed by atoms with Crippen LogP contribution in [0, 0.1) is 0 Å². The minimum absolute atomic E-state index is 0.375. The Morgan fingerprint density at radius 3 is 3.09 bits per heavy atom. The zero-order valence-corrected chi connectivity index (χ0v) is 7.54. The minimum atomic E-state index is -0.661. The summed E-state index contributed by atoms with van der Waals surface area (Å²) in [7, 11) is 1.49. The van der Waals surface area contributed by atoms with Crippen LogP contribution in [0.5, 0.6) is 5.88 Å². The highest BCUT2D eigenvalue weighted by Gasteiger charge is 2.12. The largest absolute Gasteiger partial charge is 0.479 e. The minimum Gasteiger partial charge on any atom is -0.479 e. The van der Waals surface area contributed by atoms with Crippen molar-refractivity contribution in [3.8, 4) is 5.88 Å². The van der Waals surface area contributed by atoms with Gasteiger partial charge in [-0.3, -0.25) is 0 Å². The molecule has 0 saturated carbocycles. The SMILES string of the molecule is COc1cc(C(O)CBr)on1. The van der Waals surface area contributed by atoms with Crippen molar-refractivity contribution in [3.05, 3.63) is 11.8 Å². The van der Waals surface area contributed by atoms with Crippen LogP contribution in [-0.4, -0.2) is 22.7 Å². The second-order valence-electron chi connectivity index (χ2n) is 1.94. The lowest BCUT2D eigenvalue weighted by molar-refractivity contribution is 0.162. The van der Waals surface area contributed by atoms with Gasteiger partial charge in [-0.25, -0.2) is 0 Å². The van der Waals surface area contributed by atoms with E-state index in [9.17, 15) is 5.11 Å². The molecule has 0 aliphatic heterocycles. The first-order valence-electron chi connectivity index (χ1n) is 3.02. The highest BCUT2D eigenvalue weighted by Crippen LogP contribution is 2.19. The fraction of sp³-hybridized carbons (Fsp3) is 0.500. The maximum absolute atomic E-state index is 9.20. The van der Waals surface area contributed by atoms with Gasteiger partial charge in [-0.2, -0.15) is 0 Å². The summed E-state index contributed by atoms with van der Waals surface area (Å²) in [5.74, 6) is 0.777. The Hall–Kier alpha value is -0.550. The number of methoxy groups -OCH3 is 1. The fourth-order valence-corrected chi connectivity index (χ4v) is 0.920. The van der Waals surface area contributed by atoms with E-state index in [4.69, 9.17) is 9.26 Å². The molecule has 0 aliphatic carbocycles. The molecule has 0 fully saturated rings. The van der Waals surface area contributed by atoms with Crippen molar-refractivity contribution in [2.45, 2.75) is 6.10 Å². The van der Waals surface area contributed by atoms with Gasteiger partial charge in [-0.1, -0.05) is 15.9 Å². The fourth-order valence-electron chi connectivity index (χ4n) is 0.601. The molecule has 4 nitrogen and oxygen atoms in total. The first kappa shape index (κ1) is 8.55. The number of hydrogen-bond donors (Lipinski definition) is 1. The molecule has 0 aliphatic rings. The Labute approximate surface area is 72.3 Å². The highest BCUT2D eigenvalue weighted by molar-refractivity contribution is 9.09. The van der Waals surface area contributed by atoms with Gasteiger partial charge in [-0.15, -0.1) is 0 Å². The molecular weight excluding hydrogens is 214 g/mol. The quantitative estimate of drug-likeness (QED) is 0.778. The molecule has 0 bridgehead atoms. The summed E-state index contributed by atoms with van der Waals surface area (Å²) >= 11 is 3.10. The second-order valence-corrected chi connectivity index (χ2v) is 2.59. The lowest BCUT2D eigenvalue weighted by Crippen LogP contribution is -1.95. The molecule has 1 aromatic rings. The molecule has 0 radical (unpaired) electrons. The van der Waals surface area contributed by atoms with Gasteiger partial charge in [0.2, 0.25) is 0 Å². The monoisotopic (exact) mass is 221 g/mol. The molecular formula is C6H8BrNO3. The van der Waals surface area contributed by atoms with E-state index in [1.165, 1.54) is 7.11 Å². The average molecular weight is 222 g/mol. The van der Waals surface area contributed by atoms with E-state index in [0.29, 0.717) is 17.0 Å². The Kier molecular flexibility index (Phi) is 2.90. The van der Waals surface area contributed by atoms with E-state index in [1.54, 1.807) is 6.07 Å². The van der Waals surface area contributed by atoms with Crippen LogP contribution >= 0.6 is 15.9 Å². The van der Waals surface area contributed by atoms with Crippen molar-refractivity contribution in [3.63, 3.8) is 0 Å². The van der Waals surface area contributed by atoms with Gasteiger partial charge in [0.1, 0.15) is 6.10 Å². The number of aromatic nitrogens is 1. The van der Waals surface area contributed by atoms with Crippen LogP contribution in [-0.2, 0) is 0 Å². The van der Waals surface area contributed by atoms with Gasteiger partial charge >= 0.3 is 0 Å². The molecule has 1 N–H and O–H groups in total. The van der Waals surface area contributed by atoms with Gasteiger partial charge in [0.15, 0.2) is 5.76 Å². The normalized spacial score (nSPS) is 13.0. The Bertz CT molecular complexity index is 225. The molecule has 0 spiro atoms. The van der Waals surface area contributed by atoms with E-state index in [2.05, 4.69) is 21.1 Å². The second kappa shape index (κ2) is 3.73.